The maximum Gasteiger partial charge on any atom is 0.312 e. The lowest BCUT2D eigenvalue weighted by Crippen LogP contribution is -2.36. The van der Waals surface area contributed by atoms with Crippen LogP contribution in [0, 0.1) is 5.82 Å². The van der Waals surface area contributed by atoms with E-state index in [1.165, 1.54) is 12.1 Å². The molecule has 0 bridgehead atoms. The van der Waals surface area contributed by atoms with Crippen molar-refractivity contribution in [1.29, 1.82) is 0 Å². The standard InChI is InChI=1S/C17H16FNO2/c18-14-6-3-4-12(8-14)9-19-10-13-5-1-2-7-15(13)16(11-19)17(20)21/h1-8,16H,9-11H2,(H,20,21). The van der Waals surface area contributed by atoms with Gasteiger partial charge in [0.05, 0.1) is 5.92 Å². The monoisotopic (exact) mass is 285 g/mol. The Bertz CT molecular complexity index is 671. The molecular formula is C17H16FNO2. The van der Waals surface area contributed by atoms with Crippen LogP contribution in [-0.4, -0.2) is 22.5 Å². The second kappa shape index (κ2) is 5.66. The minimum atomic E-state index is -0.814. The number of rotatable bonds is 3. The lowest BCUT2D eigenvalue weighted by molar-refractivity contribution is -0.139. The molecule has 0 saturated heterocycles. The summed E-state index contributed by atoms with van der Waals surface area (Å²) in [5, 5.41) is 9.43. The molecule has 0 aliphatic carbocycles. The predicted octanol–water partition coefficient (Wildman–Crippen LogP) is 3.01. The van der Waals surface area contributed by atoms with Crippen molar-refractivity contribution in [3.63, 3.8) is 0 Å². The summed E-state index contributed by atoms with van der Waals surface area (Å²) >= 11 is 0. The summed E-state index contributed by atoms with van der Waals surface area (Å²) in [5.74, 6) is -1.60. The van der Waals surface area contributed by atoms with Crippen molar-refractivity contribution >= 4 is 5.97 Å². The summed E-state index contributed by atoms with van der Waals surface area (Å²) < 4.78 is 13.3. The molecule has 0 fully saturated rings. The third-order valence-corrected chi connectivity index (χ3v) is 3.86. The summed E-state index contributed by atoms with van der Waals surface area (Å²) in [6.45, 7) is 1.69. The van der Waals surface area contributed by atoms with Crippen LogP contribution in [0.1, 0.15) is 22.6 Å². The smallest absolute Gasteiger partial charge is 0.312 e. The van der Waals surface area contributed by atoms with Crippen molar-refractivity contribution in [3.8, 4) is 0 Å². The summed E-state index contributed by atoms with van der Waals surface area (Å²) in [6.07, 6.45) is 0. The van der Waals surface area contributed by atoms with Gasteiger partial charge in [-0.25, -0.2) is 4.39 Å². The molecule has 2 aromatic rings. The van der Waals surface area contributed by atoms with Gasteiger partial charge in [-0.2, -0.15) is 0 Å². The van der Waals surface area contributed by atoms with Gasteiger partial charge < -0.3 is 5.11 Å². The predicted molar refractivity (Wildman–Crippen MR) is 77.3 cm³/mol. The minimum absolute atomic E-state index is 0.264. The van der Waals surface area contributed by atoms with Gasteiger partial charge in [0.25, 0.3) is 0 Å². The molecule has 3 nitrogen and oxygen atoms in total. The minimum Gasteiger partial charge on any atom is -0.481 e. The molecular weight excluding hydrogens is 269 g/mol. The van der Waals surface area contributed by atoms with E-state index in [0.717, 1.165) is 16.7 Å². The van der Waals surface area contributed by atoms with Crippen molar-refractivity contribution in [2.75, 3.05) is 6.54 Å². The zero-order chi connectivity index (χ0) is 14.8. The molecule has 1 N–H and O–H groups in total. The van der Waals surface area contributed by atoms with E-state index in [4.69, 9.17) is 0 Å². The SMILES string of the molecule is O=C(O)C1CN(Cc2cccc(F)c2)Cc2ccccc21. The first-order valence-electron chi connectivity index (χ1n) is 6.91. The molecule has 1 aliphatic rings. The molecule has 108 valence electrons. The second-order valence-corrected chi connectivity index (χ2v) is 5.39. The molecule has 1 atom stereocenters. The second-order valence-electron chi connectivity index (χ2n) is 5.39. The molecule has 0 amide bonds. The Kier molecular flexibility index (Phi) is 3.71. The van der Waals surface area contributed by atoms with Gasteiger partial charge in [-0.15, -0.1) is 0 Å². The molecule has 0 spiro atoms. The third-order valence-electron chi connectivity index (χ3n) is 3.86. The number of carboxylic acid groups (broad SMARTS) is 1. The van der Waals surface area contributed by atoms with Gasteiger partial charge in [-0.1, -0.05) is 36.4 Å². The van der Waals surface area contributed by atoms with Crippen molar-refractivity contribution in [3.05, 3.63) is 71.0 Å². The van der Waals surface area contributed by atoms with Crippen molar-refractivity contribution in [2.45, 2.75) is 19.0 Å². The first-order chi connectivity index (χ1) is 10.1. The zero-order valence-corrected chi connectivity index (χ0v) is 11.5. The van der Waals surface area contributed by atoms with Crippen LogP contribution in [0.25, 0.3) is 0 Å². The Morgan fingerprint density at radius 3 is 2.81 bits per heavy atom. The first kappa shape index (κ1) is 13.8. The van der Waals surface area contributed by atoms with Gasteiger partial charge in [-0.3, -0.25) is 9.69 Å². The summed E-state index contributed by atoms with van der Waals surface area (Å²) in [4.78, 5) is 13.5. The number of hydrogen-bond acceptors (Lipinski definition) is 2. The largest absolute Gasteiger partial charge is 0.481 e. The van der Waals surface area contributed by atoms with Gasteiger partial charge in [0.2, 0.25) is 0 Å². The average Bonchev–Trinajstić information content (AvgIpc) is 2.46. The highest BCUT2D eigenvalue weighted by Crippen LogP contribution is 2.29. The number of halogens is 1. The van der Waals surface area contributed by atoms with E-state index >= 15 is 0 Å². The highest BCUT2D eigenvalue weighted by Gasteiger charge is 2.29. The number of hydrogen-bond donors (Lipinski definition) is 1. The number of carboxylic acids is 1. The molecule has 1 heterocycles. The Balaban J connectivity index is 1.85. The summed E-state index contributed by atoms with van der Waals surface area (Å²) in [5.41, 5.74) is 2.78. The topological polar surface area (TPSA) is 40.5 Å². The van der Waals surface area contributed by atoms with Crippen LogP contribution in [-0.2, 0) is 17.9 Å². The fourth-order valence-electron chi connectivity index (χ4n) is 2.91. The zero-order valence-electron chi connectivity index (χ0n) is 11.5. The summed E-state index contributed by atoms with van der Waals surface area (Å²) in [6, 6.07) is 14.1. The average molecular weight is 285 g/mol. The van der Waals surface area contributed by atoms with E-state index in [9.17, 15) is 14.3 Å². The van der Waals surface area contributed by atoms with E-state index in [2.05, 4.69) is 4.90 Å². The molecule has 21 heavy (non-hydrogen) atoms. The maximum absolute atomic E-state index is 13.3. The molecule has 1 aliphatic heterocycles. The van der Waals surface area contributed by atoms with Crippen LogP contribution in [0.4, 0.5) is 4.39 Å². The number of benzene rings is 2. The highest BCUT2D eigenvalue weighted by molar-refractivity contribution is 5.77. The summed E-state index contributed by atoms with van der Waals surface area (Å²) in [7, 11) is 0. The maximum atomic E-state index is 13.3. The lowest BCUT2D eigenvalue weighted by atomic mass is 9.89. The fraction of sp³-hybridized carbons (Fsp3) is 0.235. The quantitative estimate of drug-likeness (QED) is 0.942. The van der Waals surface area contributed by atoms with E-state index in [1.807, 2.05) is 30.3 Å². The number of aliphatic carboxylic acids is 1. The van der Waals surface area contributed by atoms with E-state index in [0.29, 0.717) is 19.6 Å². The molecule has 1 unspecified atom stereocenters. The Morgan fingerprint density at radius 2 is 2.05 bits per heavy atom. The van der Waals surface area contributed by atoms with Gasteiger partial charge in [0.15, 0.2) is 0 Å². The number of fused-ring (bicyclic) bond motifs is 1. The first-order valence-corrected chi connectivity index (χ1v) is 6.91. The number of nitrogens with zero attached hydrogens (tertiary/aromatic N) is 1. The molecule has 2 aromatic carbocycles. The van der Waals surface area contributed by atoms with E-state index < -0.39 is 11.9 Å². The molecule has 4 heteroatoms. The Morgan fingerprint density at radius 1 is 1.24 bits per heavy atom. The third kappa shape index (κ3) is 2.95. The van der Waals surface area contributed by atoms with Gasteiger partial charge in [0.1, 0.15) is 5.82 Å². The molecule has 0 radical (unpaired) electrons. The Labute approximate surface area is 122 Å². The van der Waals surface area contributed by atoms with Crippen molar-refractivity contribution < 1.29 is 14.3 Å². The molecule has 0 saturated carbocycles. The van der Waals surface area contributed by atoms with Crippen LogP contribution in [0.2, 0.25) is 0 Å². The van der Waals surface area contributed by atoms with Crippen LogP contribution >= 0.6 is 0 Å². The van der Waals surface area contributed by atoms with E-state index in [-0.39, 0.29) is 5.82 Å². The normalized spacial score (nSPS) is 18.2. The van der Waals surface area contributed by atoms with Crippen molar-refractivity contribution in [2.24, 2.45) is 0 Å². The molecule has 3 rings (SSSR count). The Hall–Kier alpha value is -2.20. The number of carbonyl (C=O) groups is 1. The molecule has 0 aromatic heterocycles. The van der Waals surface area contributed by atoms with Gasteiger partial charge in [-0.05, 0) is 28.8 Å². The van der Waals surface area contributed by atoms with Gasteiger partial charge in [0, 0.05) is 19.6 Å². The van der Waals surface area contributed by atoms with Crippen LogP contribution in [0.3, 0.4) is 0 Å². The fourth-order valence-corrected chi connectivity index (χ4v) is 2.91. The van der Waals surface area contributed by atoms with E-state index in [1.54, 1.807) is 6.07 Å². The van der Waals surface area contributed by atoms with Crippen LogP contribution in [0.15, 0.2) is 48.5 Å². The van der Waals surface area contributed by atoms with Crippen LogP contribution in [0.5, 0.6) is 0 Å². The lowest BCUT2D eigenvalue weighted by Gasteiger charge is -2.32. The van der Waals surface area contributed by atoms with Gasteiger partial charge >= 0.3 is 5.97 Å². The van der Waals surface area contributed by atoms with Crippen molar-refractivity contribution in [1.82, 2.24) is 4.90 Å². The van der Waals surface area contributed by atoms with Crippen LogP contribution < -0.4 is 0 Å². The highest BCUT2D eigenvalue weighted by atomic mass is 19.1.